The second kappa shape index (κ2) is 6.90. The lowest BCUT2D eigenvalue weighted by Gasteiger charge is -2.46. The minimum atomic E-state index is -2.77. The molecule has 2 aromatic rings. The quantitative estimate of drug-likeness (QED) is 0.766. The van der Waals surface area contributed by atoms with Crippen LogP contribution in [-0.4, -0.2) is 44.6 Å². The Hall–Kier alpha value is -2.75. The summed E-state index contributed by atoms with van der Waals surface area (Å²) in [6.45, 7) is 2.09. The Morgan fingerprint density at radius 1 is 1.23 bits per heavy atom. The second-order valence-corrected chi connectivity index (χ2v) is 8.47. The van der Waals surface area contributed by atoms with Gasteiger partial charge < -0.3 is 16.0 Å². The molecular weight excluding hydrogens is 423 g/mol. The summed E-state index contributed by atoms with van der Waals surface area (Å²) in [4.78, 5) is 26.2. The molecule has 0 spiro atoms. The van der Waals surface area contributed by atoms with Crippen LogP contribution in [0, 0.1) is 5.82 Å². The van der Waals surface area contributed by atoms with Crippen LogP contribution >= 0.6 is 11.6 Å². The Bertz CT molecular complexity index is 1030. The van der Waals surface area contributed by atoms with E-state index in [1.807, 2.05) is 0 Å². The number of rotatable bonds is 3. The predicted octanol–water partition coefficient (Wildman–Crippen LogP) is 3.15. The Kier molecular flexibility index (Phi) is 4.72. The van der Waals surface area contributed by atoms with Crippen LogP contribution < -0.4 is 11.1 Å². The van der Waals surface area contributed by atoms with Crippen molar-refractivity contribution in [3.8, 4) is 11.3 Å². The molecule has 11 heteroatoms. The van der Waals surface area contributed by atoms with Crippen LogP contribution in [0.2, 0.25) is 5.02 Å². The average Bonchev–Trinajstić information content (AvgIpc) is 2.97. The highest BCUT2D eigenvalue weighted by atomic mass is 35.5. The van der Waals surface area contributed by atoms with Gasteiger partial charge in [-0.25, -0.2) is 18.0 Å². The third-order valence-electron chi connectivity index (χ3n) is 5.36. The summed E-state index contributed by atoms with van der Waals surface area (Å²) in [5.74, 6) is -4.15. The number of nitrogens with two attached hydrogens (primary N) is 1. The van der Waals surface area contributed by atoms with E-state index >= 15 is 0 Å². The predicted molar refractivity (Wildman–Crippen MR) is 103 cm³/mol. The summed E-state index contributed by atoms with van der Waals surface area (Å²) < 4.78 is 41.8. The van der Waals surface area contributed by atoms with Gasteiger partial charge in [-0.3, -0.25) is 9.48 Å². The van der Waals surface area contributed by atoms with Crippen LogP contribution in [0.25, 0.3) is 11.3 Å². The smallest absolute Gasteiger partial charge is 0.318 e. The van der Waals surface area contributed by atoms with Crippen LogP contribution in [0.5, 0.6) is 0 Å². The number of nitrogens with one attached hydrogen (secondary N) is 1. The molecule has 0 atom stereocenters. The van der Waals surface area contributed by atoms with Gasteiger partial charge in [-0.1, -0.05) is 11.6 Å². The molecule has 0 saturated heterocycles. The van der Waals surface area contributed by atoms with E-state index in [9.17, 15) is 22.8 Å². The Morgan fingerprint density at radius 3 is 2.53 bits per heavy atom. The van der Waals surface area contributed by atoms with Crippen molar-refractivity contribution in [2.45, 2.75) is 44.3 Å². The Balaban J connectivity index is 1.61. The molecule has 3 amide bonds. The third-order valence-corrected chi connectivity index (χ3v) is 5.57. The molecule has 1 fully saturated rings. The van der Waals surface area contributed by atoms with E-state index in [0.717, 1.165) is 6.07 Å². The van der Waals surface area contributed by atoms with Crippen LogP contribution in [-0.2, 0) is 13.1 Å². The van der Waals surface area contributed by atoms with Crippen molar-refractivity contribution in [3.05, 3.63) is 40.3 Å². The molecule has 30 heavy (non-hydrogen) atoms. The van der Waals surface area contributed by atoms with E-state index in [4.69, 9.17) is 17.3 Å². The van der Waals surface area contributed by atoms with Gasteiger partial charge in [0.25, 0.3) is 11.8 Å². The largest absolute Gasteiger partial charge is 0.365 e. The maximum absolute atomic E-state index is 13.8. The lowest BCUT2D eigenvalue weighted by atomic mass is 9.75. The number of hydrogen-bond acceptors (Lipinski definition) is 3. The van der Waals surface area contributed by atoms with Gasteiger partial charge in [0.2, 0.25) is 0 Å². The minimum Gasteiger partial charge on any atom is -0.365 e. The molecule has 0 bridgehead atoms. The highest BCUT2D eigenvalue weighted by Crippen LogP contribution is 2.45. The van der Waals surface area contributed by atoms with Crippen LogP contribution in [0.1, 0.15) is 35.8 Å². The van der Waals surface area contributed by atoms with E-state index < -0.39 is 42.1 Å². The number of carbonyl (C=O) groups is 2. The number of carbonyl (C=O) groups excluding carboxylic acids is 2. The monoisotopic (exact) mass is 441 g/mol. The maximum atomic E-state index is 13.8. The van der Waals surface area contributed by atoms with Crippen LogP contribution in [0.4, 0.5) is 18.0 Å². The molecule has 3 N–H and O–H groups in total. The summed E-state index contributed by atoms with van der Waals surface area (Å²) in [6.07, 6.45) is -0.844. The number of aromatic nitrogens is 2. The molecule has 2 heterocycles. The molecule has 7 nitrogen and oxygen atoms in total. The van der Waals surface area contributed by atoms with E-state index in [2.05, 4.69) is 10.4 Å². The van der Waals surface area contributed by atoms with Crippen molar-refractivity contribution in [2.75, 3.05) is 6.54 Å². The lowest BCUT2D eigenvalue weighted by molar-refractivity contribution is -0.124. The standard InChI is InChI=1S/C19H19ClF3N5O2/c1-18(8-19(22,23)9-18)25-17(30)27-2-3-28-13(7-27)14(16(24)29)15(26-28)10-4-11(20)6-12(21)5-10/h4-6H,2-3,7-9H2,1H3,(H2,24,29)(H,25,30). The summed E-state index contributed by atoms with van der Waals surface area (Å²) in [7, 11) is 0. The second-order valence-electron chi connectivity index (χ2n) is 8.04. The molecule has 4 rings (SSSR count). The number of hydrogen-bond donors (Lipinski definition) is 2. The number of nitrogens with zero attached hydrogens (tertiary/aromatic N) is 3. The molecule has 0 unspecified atom stereocenters. The van der Waals surface area contributed by atoms with Gasteiger partial charge in [-0.15, -0.1) is 0 Å². The molecular formula is C19H19ClF3N5O2. The topological polar surface area (TPSA) is 93.2 Å². The van der Waals surface area contributed by atoms with Crippen molar-refractivity contribution in [3.63, 3.8) is 0 Å². The molecule has 1 aromatic carbocycles. The van der Waals surface area contributed by atoms with Crippen molar-refractivity contribution in [2.24, 2.45) is 5.73 Å². The SMILES string of the molecule is CC1(NC(=O)N2CCn3nc(-c4cc(F)cc(Cl)c4)c(C(N)=O)c3C2)CC(F)(F)C1. The average molecular weight is 442 g/mol. The van der Waals surface area contributed by atoms with Crippen molar-refractivity contribution in [1.29, 1.82) is 0 Å². The maximum Gasteiger partial charge on any atom is 0.318 e. The van der Waals surface area contributed by atoms with Gasteiger partial charge in [0.15, 0.2) is 0 Å². The van der Waals surface area contributed by atoms with E-state index in [1.165, 1.54) is 21.7 Å². The first-order valence-corrected chi connectivity index (χ1v) is 9.65. The van der Waals surface area contributed by atoms with Crippen LogP contribution in [0.3, 0.4) is 0 Å². The van der Waals surface area contributed by atoms with Crippen molar-refractivity contribution < 1.29 is 22.8 Å². The zero-order chi connectivity index (χ0) is 21.8. The van der Waals surface area contributed by atoms with Crippen LogP contribution in [0.15, 0.2) is 18.2 Å². The fourth-order valence-electron chi connectivity index (χ4n) is 4.16. The molecule has 160 valence electrons. The molecule has 2 aliphatic rings. The highest BCUT2D eigenvalue weighted by molar-refractivity contribution is 6.30. The first kappa shape index (κ1) is 20.5. The van der Waals surface area contributed by atoms with Gasteiger partial charge in [-0.2, -0.15) is 5.10 Å². The molecule has 0 radical (unpaired) electrons. The van der Waals surface area contributed by atoms with Crippen molar-refractivity contribution in [1.82, 2.24) is 20.0 Å². The number of benzene rings is 1. The Morgan fingerprint density at radius 2 is 1.93 bits per heavy atom. The van der Waals surface area contributed by atoms with E-state index in [0.29, 0.717) is 5.69 Å². The van der Waals surface area contributed by atoms with Gasteiger partial charge >= 0.3 is 6.03 Å². The number of urea groups is 1. The number of halogens is 4. The van der Waals surface area contributed by atoms with Gasteiger partial charge in [0.1, 0.15) is 11.5 Å². The van der Waals surface area contributed by atoms with E-state index in [-0.39, 0.29) is 41.5 Å². The fourth-order valence-corrected chi connectivity index (χ4v) is 4.38. The summed E-state index contributed by atoms with van der Waals surface area (Å²) >= 11 is 5.92. The van der Waals surface area contributed by atoms with Gasteiger partial charge in [0.05, 0.1) is 29.9 Å². The number of fused-ring (bicyclic) bond motifs is 1. The molecule has 1 aliphatic heterocycles. The lowest BCUT2D eigenvalue weighted by Crippen LogP contribution is -2.62. The normalized spacial score (nSPS) is 19.0. The zero-order valence-electron chi connectivity index (χ0n) is 16.0. The number of primary amides is 1. The first-order chi connectivity index (χ1) is 14.0. The van der Waals surface area contributed by atoms with Gasteiger partial charge in [-0.05, 0) is 25.1 Å². The molecule has 1 saturated carbocycles. The fraction of sp³-hybridized carbons (Fsp3) is 0.421. The van der Waals surface area contributed by atoms with Crippen molar-refractivity contribution >= 4 is 23.5 Å². The minimum absolute atomic E-state index is 0.00657. The van der Waals surface area contributed by atoms with Gasteiger partial charge in [0, 0.05) is 30.0 Å². The Labute approximate surface area is 175 Å². The number of amides is 3. The summed E-state index contributed by atoms with van der Waals surface area (Å²) in [5.41, 5.74) is 5.50. The summed E-state index contributed by atoms with van der Waals surface area (Å²) in [6, 6.07) is 3.27. The molecule has 1 aliphatic carbocycles. The zero-order valence-corrected chi connectivity index (χ0v) is 16.8. The highest BCUT2D eigenvalue weighted by Gasteiger charge is 2.54. The molecule has 1 aromatic heterocycles. The third kappa shape index (κ3) is 3.71. The first-order valence-electron chi connectivity index (χ1n) is 9.27. The summed E-state index contributed by atoms with van der Waals surface area (Å²) in [5, 5.41) is 7.15. The number of alkyl halides is 2. The van der Waals surface area contributed by atoms with E-state index in [1.54, 1.807) is 6.92 Å².